The molecule has 0 bridgehead atoms. The minimum absolute atomic E-state index is 0.540. The van der Waals surface area contributed by atoms with Crippen molar-refractivity contribution in [3.8, 4) is 0 Å². The Bertz CT molecular complexity index is 262. The molecule has 18 heavy (non-hydrogen) atoms. The molecule has 3 rings (SSSR count). The molecule has 0 aromatic carbocycles. The Morgan fingerprint density at radius 2 is 1.89 bits per heavy atom. The molecule has 0 aromatic rings. The molecule has 3 aliphatic rings. The summed E-state index contributed by atoms with van der Waals surface area (Å²) in [6.07, 6.45) is 13.1. The van der Waals surface area contributed by atoms with Crippen molar-refractivity contribution in [2.24, 2.45) is 5.92 Å². The van der Waals surface area contributed by atoms with Gasteiger partial charge in [-0.3, -0.25) is 4.90 Å². The van der Waals surface area contributed by atoms with E-state index < -0.39 is 0 Å². The lowest BCUT2D eigenvalue weighted by Crippen LogP contribution is -2.65. The number of rotatable bonds is 1. The van der Waals surface area contributed by atoms with Crippen LogP contribution in [0.4, 0.5) is 0 Å². The summed E-state index contributed by atoms with van der Waals surface area (Å²) in [6, 6.07) is 0.897. The minimum atomic E-state index is 0.540. The Labute approximate surface area is 113 Å². The molecule has 2 heteroatoms. The minimum Gasteiger partial charge on any atom is -0.314 e. The van der Waals surface area contributed by atoms with Crippen LogP contribution in [0.5, 0.6) is 0 Å². The second-order valence-corrected chi connectivity index (χ2v) is 7.08. The first-order valence-electron chi connectivity index (χ1n) is 8.28. The molecule has 1 saturated heterocycles. The summed E-state index contributed by atoms with van der Waals surface area (Å²) in [6.45, 7) is 6.24. The monoisotopic (exact) mass is 250 g/mol. The van der Waals surface area contributed by atoms with Gasteiger partial charge in [0.05, 0.1) is 0 Å². The predicted octanol–water partition coefficient (Wildman–Crippen LogP) is 3.17. The third-order valence-electron chi connectivity index (χ3n) is 5.73. The van der Waals surface area contributed by atoms with Gasteiger partial charge in [-0.25, -0.2) is 0 Å². The van der Waals surface area contributed by atoms with E-state index in [9.17, 15) is 0 Å². The molecule has 1 heterocycles. The zero-order chi connectivity index (χ0) is 12.4. The first kappa shape index (κ1) is 12.9. The van der Waals surface area contributed by atoms with Gasteiger partial charge in [0.1, 0.15) is 0 Å². The molecule has 1 spiro atoms. The predicted molar refractivity (Wildman–Crippen MR) is 76.8 cm³/mol. The first-order valence-corrected chi connectivity index (χ1v) is 8.28. The Morgan fingerprint density at radius 3 is 2.67 bits per heavy atom. The van der Waals surface area contributed by atoms with Gasteiger partial charge in [-0.05, 0) is 31.6 Å². The smallest absolute Gasteiger partial charge is 0.0337 e. The number of piperazine rings is 1. The van der Waals surface area contributed by atoms with Crippen molar-refractivity contribution in [1.82, 2.24) is 10.2 Å². The summed E-state index contributed by atoms with van der Waals surface area (Å²) in [5.41, 5.74) is 0.540. The van der Waals surface area contributed by atoms with Crippen molar-refractivity contribution in [2.75, 3.05) is 19.6 Å². The Kier molecular flexibility index (Phi) is 3.95. The quantitative estimate of drug-likeness (QED) is 0.769. The van der Waals surface area contributed by atoms with E-state index in [1.54, 1.807) is 0 Å². The van der Waals surface area contributed by atoms with E-state index in [0.717, 1.165) is 12.0 Å². The van der Waals surface area contributed by atoms with E-state index in [1.807, 2.05) is 0 Å². The summed E-state index contributed by atoms with van der Waals surface area (Å²) < 4.78 is 0. The summed E-state index contributed by atoms with van der Waals surface area (Å²) in [5, 5.41) is 3.68. The zero-order valence-corrected chi connectivity index (χ0v) is 12.1. The number of nitrogens with zero attached hydrogens (tertiary/aromatic N) is 1. The maximum Gasteiger partial charge on any atom is 0.0337 e. The Balaban J connectivity index is 1.74. The van der Waals surface area contributed by atoms with Crippen molar-refractivity contribution in [2.45, 2.75) is 76.3 Å². The van der Waals surface area contributed by atoms with Gasteiger partial charge in [-0.1, -0.05) is 39.0 Å². The molecule has 2 nitrogen and oxygen atoms in total. The van der Waals surface area contributed by atoms with Crippen LogP contribution in [0.25, 0.3) is 0 Å². The van der Waals surface area contributed by atoms with Crippen LogP contribution >= 0.6 is 0 Å². The highest BCUT2D eigenvalue weighted by Gasteiger charge is 2.43. The van der Waals surface area contributed by atoms with Crippen LogP contribution in [0.2, 0.25) is 0 Å². The van der Waals surface area contributed by atoms with Gasteiger partial charge in [0.15, 0.2) is 0 Å². The van der Waals surface area contributed by atoms with Crippen molar-refractivity contribution in [3.05, 3.63) is 0 Å². The zero-order valence-electron chi connectivity index (χ0n) is 12.1. The van der Waals surface area contributed by atoms with Crippen LogP contribution < -0.4 is 5.32 Å². The largest absolute Gasteiger partial charge is 0.314 e. The molecule has 3 fully saturated rings. The summed E-state index contributed by atoms with van der Waals surface area (Å²) >= 11 is 0. The average molecular weight is 250 g/mol. The van der Waals surface area contributed by atoms with Gasteiger partial charge in [0, 0.05) is 31.2 Å². The van der Waals surface area contributed by atoms with E-state index in [2.05, 4.69) is 17.1 Å². The van der Waals surface area contributed by atoms with E-state index >= 15 is 0 Å². The van der Waals surface area contributed by atoms with Gasteiger partial charge in [0.2, 0.25) is 0 Å². The summed E-state index contributed by atoms with van der Waals surface area (Å²) in [5.74, 6) is 0.958. The lowest BCUT2D eigenvalue weighted by atomic mass is 9.76. The number of hydrogen-bond acceptors (Lipinski definition) is 2. The van der Waals surface area contributed by atoms with Crippen molar-refractivity contribution in [1.29, 1.82) is 0 Å². The molecule has 0 aromatic heterocycles. The van der Waals surface area contributed by atoms with Gasteiger partial charge >= 0.3 is 0 Å². The Hall–Kier alpha value is -0.0800. The van der Waals surface area contributed by atoms with Gasteiger partial charge in [-0.2, -0.15) is 0 Å². The lowest BCUT2D eigenvalue weighted by molar-refractivity contribution is -0.0243. The molecule has 0 amide bonds. The van der Waals surface area contributed by atoms with Crippen molar-refractivity contribution >= 4 is 0 Å². The normalized spacial score (nSPS) is 37.8. The van der Waals surface area contributed by atoms with Crippen molar-refractivity contribution < 1.29 is 0 Å². The van der Waals surface area contributed by atoms with Crippen LogP contribution in [-0.4, -0.2) is 36.1 Å². The molecular weight excluding hydrogens is 220 g/mol. The van der Waals surface area contributed by atoms with Crippen LogP contribution in [-0.2, 0) is 0 Å². The van der Waals surface area contributed by atoms with Gasteiger partial charge < -0.3 is 5.32 Å². The third-order valence-corrected chi connectivity index (χ3v) is 5.73. The highest BCUT2D eigenvalue weighted by molar-refractivity contribution is 5.01. The van der Waals surface area contributed by atoms with Crippen LogP contribution in [0.3, 0.4) is 0 Å². The molecule has 1 N–H and O–H groups in total. The average Bonchev–Trinajstić information content (AvgIpc) is 2.40. The highest BCUT2D eigenvalue weighted by Crippen LogP contribution is 2.39. The SMILES string of the molecule is CC1CCCC(N2CCNCC23CCCCC3)C1. The topological polar surface area (TPSA) is 15.3 Å². The van der Waals surface area contributed by atoms with E-state index in [4.69, 9.17) is 0 Å². The fraction of sp³-hybridized carbons (Fsp3) is 1.00. The highest BCUT2D eigenvalue weighted by atomic mass is 15.3. The molecule has 2 aliphatic carbocycles. The number of hydrogen-bond donors (Lipinski definition) is 1. The molecule has 2 atom stereocenters. The second-order valence-electron chi connectivity index (χ2n) is 7.08. The molecule has 2 saturated carbocycles. The maximum absolute atomic E-state index is 3.68. The molecule has 1 aliphatic heterocycles. The second kappa shape index (κ2) is 5.50. The number of nitrogens with one attached hydrogen (secondary N) is 1. The van der Waals surface area contributed by atoms with Gasteiger partial charge in [-0.15, -0.1) is 0 Å². The summed E-state index contributed by atoms with van der Waals surface area (Å²) in [7, 11) is 0. The van der Waals surface area contributed by atoms with Crippen LogP contribution in [0.1, 0.15) is 64.7 Å². The molecule has 104 valence electrons. The van der Waals surface area contributed by atoms with Gasteiger partial charge in [0.25, 0.3) is 0 Å². The van der Waals surface area contributed by atoms with E-state index in [-0.39, 0.29) is 0 Å². The fourth-order valence-corrected chi connectivity index (χ4v) is 4.79. The van der Waals surface area contributed by atoms with E-state index in [1.165, 1.54) is 77.4 Å². The Morgan fingerprint density at radius 1 is 1.06 bits per heavy atom. The van der Waals surface area contributed by atoms with Crippen LogP contribution in [0.15, 0.2) is 0 Å². The standard InChI is InChI=1S/C16H30N2/c1-14-6-5-7-15(12-14)18-11-10-17-13-16(18)8-3-2-4-9-16/h14-15,17H,2-13H2,1H3. The fourth-order valence-electron chi connectivity index (χ4n) is 4.79. The first-order chi connectivity index (χ1) is 8.80. The molecule has 2 unspecified atom stereocenters. The van der Waals surface area contributed by atoms with Crippen molar-refractivity contribution in [3.63, 3.8) is 0 Å². The maximum atomic E-state index is 3.68. The summed E-state index contributed by atoms with van der Waals surface area (Å²) in [4.78, 5) is 2.96. The van der Waals surface area contributed by atoms with E-state index in [0.29, 0.717) is 5.54 Å². The molecular formula is C16H30N2. The lowest BCUT2D eigenvalue weighted by Gasteiger charge is -2.54. The molecule has 0 radical (unpaired) electrons. The van der Waals surface area contributed by atoms with Crippen LogP contribution in [0, 0.1) is 5.92 Å². The third kappa shape index (κ3) is 2.46.